The zero-order chi connectivity index (χ0) is 11.7. The second-order valence-corrected chi connectivity index (χ2v) is 5.19. The van der Waals surface area contributed by atoms with Crippen LogP contribution >= 0.6 is 0 Å². The fourth-order valence-electron chi connectivity index (χ4n) is 1.54. The van der Waals surface area contributed by atoms with E-state index in [0.717, 1.165) is 6.07 Å². The molecule has 0 unspecified atom stereocenters. The number of anilines is 2. The largest absolute Gasteiger partial charge is 0.381 e. The van der Waals surface area contributed by atoms with Crippen molar-refractivity contribution in [2.45, 2.75) is 0 Å². The minimum Gasteiger partial charge on any atom is -0.381 e. The first-order valence-corrected chi connectivity index (χ1v) is 6.28. The molecule has 1 aromatic heterocycles. The minimum atomic E-state index is -0.859. The third-order valence-electron chi connectivity index (χ3n) is 2.42. The highest BCUT2D eigenvalue weighted by Crippen LogP contribution is 2.21. The van der Waals surface area contributed by atoms with Crippen LogP contribution in [0.4, 0.5) is 20.4 Å². The van der Waals surface area contributed by atoms with Gasteiger partial charge in [-0.25, -0.2) is 13.8 Å². The van der Waals surface area contributed by atoms with Crippen molar-refractivity contribution in [2.24, 2.45) is 0 Å². The van der Waals surface area contributed by atoms with E-state index in [9.17, 15) is 13.0 Å². The fourth-order valence-corrected chi connectivity index (χ4v) is 2.59. The molecule has 88 valence electrons. The molecule has 1 aromatic rings. The van der Waals surface area contributed by atoms with Gasteiger partial charge in [0.25, 0.3) is 0 Å². The standard InChI is InChI=1S/C9H11F2N3OS/c10-6-5-7(11)9(13-8(6)12)14-1-3-16(15)4-2-14/h5H,1-4H2,(H2,12,13). The number of rotatable bonds is 1. The van der Waals surface area contributed by atoms with Gasteiger partial charge in [0.05, 0.1) is 0 Å². The smallest absolute Gasteiger partial charge is 0.168 e. The normalized spacial score (nSPS) is 17.8. The summed E-state index contributed by atoms with van der Waals surface area (Å²) in [5.41, 5.74) is 5.28. The number of aromatic nitrogens is 1. The van der Waals surface area contributed by atoms with Gasteiger partial charge in [-0.15, -0.1) is 0 Å². The average molecular weight is 247 g/mol. The van der Waals surface area contributed by atoms with Gasteiger partial charge in [0.2, 0.25) is 0 Å². The van der Waals surface area contributed by atoms with Crippen LogP contribution in [-0.2, 0) is 10.8 Å². The molecule has 0 aromatic carbocycles. The zero-order valence-electron chi connectivity index (χ0n) is 8.45. The molecule has 0 amide bonds. The highest BCUT2D eigenvalue weighted by Gasteiger charge is 2.20. The van der Waals surface area contributed by atoms with Crippen LogP contribution in [0.3, 0.4) is 0 Å². The Balaban J connectivity index is 2.26. The van der Waals surface area contributed by atoms with Crippen molar-refractivity contribution >= 4 is 22.4 Å². The average Bonchev–Trinajstić information content (AvgIpc) is 2.25. The Hall–Kier alpha value is -1.24. The van der Waals surface area contributed by atoms with E-state index in [1.54, 1.807) is 4.90 Å². The summed E-state index contributed by atoms with van der Waals surface area (Å²) in [7, 11) is -0.848. The van der Waals surface area contributed by atoms with Gasteiger partial charge in [0, 0.05) is 41.5 Å². The Morgan fingerprint density at radius 2 is 1.94 bits per heavy atom. The summed E-state index contributed by atoms with van der Waals surface area (Å²) >= 11 is 0. The van der Waals surface area contributed by atoms with Gasteiger partial charge in [-0.1, -0.05) is 0 Å². The summed E-state index contributed by atoms with van der Waals surface area (Å²) in [5, 5.41) is 0. The first kappa shape index (κ1) is 11.3. The molecule has 0 saturated carbocycles. The van der Waals surface area contributed by atoms with Crippen LogP contribution in [0.2, 0.25) is 0 Å². The van der Waals surface area contributed by atoms with Gasteiger partial charge < -0.3 is 10.6 Å². The molecule has 2 rings (SSSR count). The first-order valence-electron chi connectivity index (χ1n) is 4.79. The van der Waals surface area contributed by atoms with Gasteiger partial charge in [-0.3, -0.25) is 4.21 Å². The van der Waals surface area contributed by atoms with E-state index in [-0.39, 0.29) is 11.6 Å². The molecule has 0 aliphatic carbocycles. The van der Waals surface area contributed by atoms with Gasteiger partial charge in [0.15, 0.2) is 23.3 Å². The number of nitrogen functional groups attached to an aromatic ring is 1. The number of nitrogens with two attached hydrogens (primary N) is 1. The lowest BCUT2D eigenvalue weighted by molar-refractivity contribution is 0.571. The van der Waals surface area contributed by atoms with Crippen LogP contribution in [0.15, 0.2) is 6.07 Å². The van der Waals surface area contributed by atoms with Gasteiger partial charge in [-0.05, 0) is 0 Å². The third kappa shape index (κ3) is 2.13. The molecule has 2 heterocycles. The third-order valence-corrected chi connectivity index (χ3v) is 3.69. The van der Waals surface area contributed by atoms with Crippen molar-refractivity contribution in [3.05, 3.63) is 17.7 Å². The molecule has 7 heteroatoms. The molecule has 1 aliphatic rings. The van der Waals surface area contributed by atoms with Crippen LogP contribution in [-0.4, -0.2) is 33.8 Å². The van der Waals surface area contributed by atoms with E-state index in [0.29, 0.717) is 24.6 Å². The van der Waals surface area contributed by atoms with Gasteiger partial charge >= 0.3 is 0 Å². The van der Waals surface area contributed by atoms with Crippen molar-refractivity contribution in [1.29, 1.82) is 0 Å². The van der Waals surface area contributed by atoms with E-state index in [1.165, 1.54) is 0 Å². The Bertz CT molecular complexity index is 431. The molecule has 1 fully saturated rings. The summed E-state index contributed by atoms with van der Waals surface area (Å²) < 4.78 is 37.5. The lowest BCUT2D eigenvalue weighted by Crippen LogP contribution is -2.38. The molecule has 1 aliphatic heterocycles. The fraction of sp³-hybridized carbons (Fsp3) is 0.444. The Morgan fingerprint density at radius 1 is 1.31 bits per heavy atom. The molecule has 4 nitrogen and oxygen atoms in total. The molecule has 16 heavy (non-hydrogen) atoms. The van der Waals surface area contributed by atoms with Crippen molar-refractivity contribution in [1.82, 2.24) is 4.98 Å². The number of nitrogens with zero attached hydrogens (tertiary/aromatic N) is 2. The zero-order valence-corrected chi connectivity index (χ0v) is 9.27. The van der Waals surface area contributed by atoms with E-state index in [4.69, 9.17) is 5.73 Å². The number of pyridine rings is 1. The molecule has 0 spiro atoms. The van der Waals surface area contributed by atoms with E-state index >= 15 is 0 Å². The second-order valence-electron chi connectivity index (χ2n) is 3.50. The van der Waals surface area contributed by atoms with Gasteiger partial charge in [0.1, 0.15) is 0 Å². The van der Waals surface area contributed by atoms with Gasteiger partial charge in [-0.2, -0.15) is 0 Å². The molecule has 0 radical (unpaired) electrons. The van der Waals surface area contributed by atoms with Crippen molar-refractivity contribution in [2.75, 3.05) is 35.2 Å². The second kappa shape index (κ2) is 4.32. The Labute approximate surface area is 93.9 Å². The molecular formula is C9H11F2N3OS. The maximum absolute atomic E-state index is 13.4. The highest BCUT2D eigenvalue weighted by atomic mass is 32.2. The van der Waals surface area contributed by atoms with Crippen molar-refractivity contribution in [3.63, 3.8) is 0 Å². The summed E-state index contributed by atoms with van der Waals surface area (Å²) in [5.74, 6) is -0.934. The van der Waals surface area contributed by atoms with E-state index in [2.05, 4.69) is 4.98 Å². The number of hydrogen-bond donors (Lipinski definition) is 1. The molecule has 0 bridgehead atoms. The summed E-state index contributed by atoms with van der Waals surface area (Å²) in [4.78, 5) is 5.31. The number of halogens is 2. The van der Waals surface area contributed by atoms with Crippen LogP contribution < -0.4 is 10.6 Å². The predicted octanol–water partition coefficient (Wildman–Crippen LogP) is 0.511. The van der Waals surface area contributed by atoms with E-state index < -0.39 is 22.4 Å². The van der Waals surface area contributed by atoms with Crippen LogP contribution in [0.5, 0.6) is 0 Å². The Morgan fingerprint density at radius 3 is 2.56 bits per heavy atom. The Kier molecular flexibility index (Phi) is 3.04. The van der Waals surface area contributed by atoms with E-state index in [1.807, 2.05) is 0 Å². The van der Waals surface area contributed by atoms with Crippen LogP contribution in [0.25, 0.3) is 0 Å². The van der Waals surface area contributed by atoms with Crippen LogP contribution in [0, 0.1) is 11.6 Å². The predicted molar refractivity (Wildman–Crippen MR) is 58.7 cm³/mol. The lowest BCUT2D eigenvalue weighted by atomic mass is 10.3. The molecule has 0 atom stereocenters. The molecular weight excluding hydrogens is 236 g/mol. The summed E-state index contributed by atoms with van der Waals surface area (Å²) in [6, 6.07) is 0.725. The number of hydrogen-bond acceptors (Lipinski definition) is 4. The minimum absolute atomic E-state index is 0.0376. The highest BCUT2D eigenvalue weighted by molar-refractivity contribution is 7.85. The van der Waals surface area contributed by atoms with Crippen LogP contribution in [0.1, 0.15) is 0 Å². The van der Waals surface area contributed by atoms with Crippen molar-refractivity contribution in [3.8, 4) is 0 Å². The first-order chi connectivity index (χ1) is 7.58. The summed E-state index contributed by atoms with van der Waals surface area (Å²) in [6.07, 6.45) is 0. The monoisotopic (exact) mass is 247 g/mol. The topological polar surface area (TPSA) is 59.2 Å². The summed E-state index contributed by atoms with van der Waals surface area (Å²) in [6.45, 7) is 0.892. The SMILES string of the molecule is Nc1nc(N2CCS(=O)CC2)c(F)cc1F. The molecule has 2 N–H and O–H groups in total. The lowest BCUT2D eigenvalue weighted by Gasteiger charge is -2.27. The maximum atomic E-state index is 13.4. The van der Waals surface area contributed by atoms with Crippen molar-refractivity contribution < 1.29 is 13.0 Å². The molecule has 1 saturated heterocycles. The quantitative estimate of drug-likeness (QED) is 0.785. The maximum Gasteiger partial charge on any atom is 0.168 e.